The van der Waals surface area contributed by atoms with Crippen LogP contribution in [0, 0.1) is 18.3 Å². The zero-order valence-corrected chi connectivity index (χ0v) is 23.3. The maximum absolute atomic E-state index is 13.5. The smallest absolute Gasteiger partial charge is 0.276 e. The number of nitrogens with two attached hydrogens (primary N) is 1. The lowest BCUT2D eigenvalue weighted by atomic mass is 9.97. The standard InChI is InChI=1S/C26H36N10O4/c1-16-5-6-18(11-19(16)38-4)23-32-31-20(40-23)13-36-21-22(33(2)14-39-15-34(3)24(21)37)30-26(36)29-12-17-7-9-35(10-8-17)25(27)28/h5-6,11,17H,7-10,12-15H2,1-4H3,(H3,27,28)(H,29,30). The highest BCUT2D eigenvalue weighted by molar-refractivity contribution is 5.98. The lowest BCUT2D eigenvalue weighted by Gasteiger charge is -2.32. The van der Waals surface area contributed by atoms with Crippen molar-refractivity contribution < 1.29 is 18.7 Å². The number of guanidine groups is 1. The SMILES string of the molecule is COc1cc(-c2nnc(Cn3c(NCC4CCN(C(=N)N)CC4)nc4c3C(=O)N(C)COCN4C)o2)ccc1C. The normalized spacial score (nSPS) is 16.5. The molecule has 0 saturated carbocycles. The van der Waals surface area contributed by atoms with Crippen molar-refractivity contribution in [1.29, 1.82) is 5.41 Å². The minimum atomic E-state index is -0.222. The summed E-state index contributed by atoms with van der Waals surface area (Å²) in [4.78, 5) is 23.5. The molecule has 3 aromatic rings. The highest BCUT2D eigenvalue weighted by atomic mass is 16.5. The number of nitrogens with zero attached hydrogens (tertiary/aromatic N) is 7. The monoisotopic (exact) mass is 552 g/mol. The van der Waals surface area contributed by atoms with Crippen molar-refractivity contribution in [2.75, 3.05) is 64.5 Å². The number of likely N-dealkylation sites (tertiary alicyclic amines) is 1. The van der Waals surface area contributed by atoms with Crippen molar-refractivity contribution in [3.63, 3.8) is 0 Å². The molecule has 0 bridgehead atoms. The van der Waals surface area contributed by atoms with Crippen LogP contribution in [0.15, 0.2) is 22.6 Å². The van der Waals surface area contributed by atoms with Crippen LogP contribution in [0.2, 0.25) is 0 Å². The molecule has 1 amide bonds. The van der Waals surface area contributed by atoms with Crippen LogP contribution in [-0.2, 0) is 11.3 Å². The summed E-state index contributed by atoms with van der Waals surface area (Å²) in [5, 5.41) is 19.7. The third-order valence-corrected chi connectivity index (χ3v) is 7.35. The summed E-state index contributed by atoms with van der Waals surface area (Å²) in [7, 11) is 5.15. The van der Waals surface area contributed by atoms with E-state index in [0.29, 0.717) is 41.7 Å². The van der Waals surface area contributed by atoms with Crippen LogP contribution in [0.1, 0.15) is 34.8 Å². The minimum Gasteiger partial charge on any atom is -0.496 e. The Hall–Kier alpha value is -4.33. The van der Waals surface area contributed by atoms with E-state index in [4.69, 9.17) is 30.0 Å². The summed E-state index contributed by atoms with van der Waals surface area (Å²) >= 11 is 0. The summed E-state index contributed by atoms with van der Waals surface area (Å²) < 4.78 is 18.9. The van der Waals surface area contributed by atoms with E-state index in [0.717, 1.165) is 42.8 Å². The van der Waals surface area contributed by atoms with Crippen molar-refractivity contribution in [1.82, 2.24) is 29.5 Å². The molecule has 4 heterocycles. The second kappa shape index (κ2) is 11.4. The zero-order valence-electron chi connectivity index (χ0n) is 23.3. The molecular formula is C26H36N10O4. The third kappa shape index (κ3) is 5.52. The molecule has 0 unspecified atom stereocenters. The fourth-order valence-electron chi connectivity index (χ4n) is 4.96. The minimum absolute atomic E-state index is 0.109. The van der Waals surface area contributed by atoms with E-state index in [1.165, 1.54) is 4.90 Å². The molecule has 14 nitrogen and oxygen atoms in total. The Kier molecular flexibility index (Phi) is 7.78. The number of hydrogen-bond donors (Lipinski definition) is 3. The summed E-state index contributed by atoms with van der Waals surface area (Å²) in [6.07, 6.45) is 1.80. The summed E-state index contributed by atoms with van der Waals surface area (Å²) in [5.74, 6) is 2.72. The maximum atomic E-state index is 13.5. The number of anilines is 2. The van der Waals surface area contributed by atoms with E-state index >= 15 is 0 Å². The first kappa shape index (κ1) is 27.2. The van der Waals surface area contributed by atoms with Gasteiger partial charge in [0.05, 0.1) is 7.11 Å². The van der Waals surface area contributed by atoms with Crippen LogP contribution < -0.4 is 20.7 Å². The quantitative estimate of drug-likeness (QED) is 0.289. The Balaban J connectivity index is 1.44. The van der Waals surface area contributed by atoms with Crippen molar-refractivity contribution in [3.05, 3.63) is 35.3 Å². The Bertz CT molecular complexity index is 1380. The predicted octanol–water partition coefficient (Wildman–Crippen LogP) is 1.77. The van der Waals surface area contributed by atoms with Gasteiger partial charge in [-0.2, -0.15) is 4.98 Å². The van der Waals surface area contributed by atoms with Gasteiger partial charge in [-0.15, -0.1) is 10.2 Å². The number of imidazole rings is 1. The Morgan fingerprint density at radius 2 is 1.95 bits per heavy atom. The summed E-state index contributed by atoms with van der Waals surface area (Å²) in [6, 6.07) is 5.70. The van der Waals surface area contributed by atoms with Gasteiger partial charge >= 0.3 is 0 Å². The number of carbonyl (C=O) groups is 1. The number of piperidine rings is 1. The molecule has 5 rings (SSSR count). The van der Waals surface area contributed by atoms with Gasteiger partial charge in [-0.3, -0.25) is 14.8 Å². The van der Waals surface area contributed by atoms with Crippen molar-refractivity contribution in [2.24, 2.45) is 11.7 Å². The van der Waals surface area contributed by atoms with Crippen molar-refractivity contribution in [3.8, 4) is 17.2 Å². The predicted molar refractivity (Wildman–Crippen MR) is 148 cm³/mol. The van der Waals surface area contributed by atoms with Crippen LogP contribution in [0.3, 0.4) is 0 Å². The van der Waals surface area contributed by atoms with Crippen LogP contribution >= 0.6 is 0 Å². The van der Waals surface area contributed by atoms with E-state index in [-0.39, 0.29) is 31.9 Å². The van der Waals surface area contributed by atoms with Gasteiger partial charge in [0.15, 0.2) is 17.5 Å². The number of aryl methyl sites for hydroxylation is 1. The molecule has 1 fully saturated rings. The number of hydrogen-bond acceptors (Lipinski definition) is 10. The number of aromatic nitrogens is 4. The van der Waals surface area contributed by atoms with Gasteiger partial charge in [0, 0.05) is 39.3 Å². The van der Waals surface area contributed by atoms with Gasteiger partial charge in [0.1, 0.15) is 25.8 Å². The molecule has 0 spiro atoms. The van der Waals surface area contributed by atoms with E-state index in [1.807, 2.05) is 42.0 Å². The van der Waals surface area contributed by atoms with Crippen molar-refractivity contribution >= 4 is 23.6 Å². The molecule has 1 aromatic carbocycles. The van der Waals surface area contributed by atoms with Gasteiger partial charge in [-0.05, 0) is 43.4 Å². The van der Waals surface area contributed by atoms with Crippen LogP contribution in [0.5, 0.6) is 5.75 Å². The highest BCUT2D eigenvalue weighted by Gasteiger charge is 2.31. The van der Waals surface area contributed by atoms with E-state index in [1.54, 1.807) is 18.7 Å². The largest absolute Gasteiger partial charge is 0.496 e. The molecule has 1 saturated heterocycles. The lowest BCUT2D eigenvalue weighted by molar-refractivity contribution is 0.0312. The van der Waals surface area contributed by atoms with Crippen LogP contribution in [0.4, 0.5) is 11.8 Å². The van der Waals surface area contributed by atoms with Gasteiger partial charge < -0.3 is 39.6 Å². The topological polar surface area (TPSA) is 164 Å². The molecule has 2 aliphatic rings. The van der Waals surface area contributed by atoms with Gasteiger partial charge in [-0.1, -0.05) is 6.07 Å². The first-order chi connectivity index (χ1) is 19.2. The molecule has 214 valence electrons. The number of methoxy groups -OCH3 is 1. The second-order valence-electron chi connectivity index (χ2n) is 10.2. The maximum Gasteiger partial charge on any atom is 0.276 e. The number of ether oxygens (including phenoxy) is 2. The molecule has 14 heteroatoms. The molecular weight excluding hydrogens is 516 g/mol. The van der Waals surface area contributed by atoms with Gasteiger partial charge in [0.2, 0.25) is 17.7 Å². The molecule has 2 aromatic heterocycles. The molecule has 4 N–H and O–H groups in total. The van der Waals surface area contributed by atoms with Crippen LogP contribution in [0.25, 0.3) is 11.5 Å². The second-order valence-corrected chi connectivity index (χ2v) is 10.2. The molecule has 2 aliphatic heterocycles. The number of nitrogens with one attached hydrogen (secondary N) is 2. The Labute approximate surface area is 232 Å². The average Bonchev–Trinajstić information content (AvgIpc) is 3.56. The zero-order chi connectivity index (χ0) is 28.4. The van der Waals surface area contributed by atoms with Gasteiger partial charge in [-0.25, -0.2) is 0 Å². The average molecular weight is 553 g/mol. The van der Waals surface area contributed by atoms with E-state index < -0.39 is 0 Å². The number of carbonyl (C=O) groups excluding carboxylic acids is 1. The third-order valence-electron chi connectivity index (χ3n) is 7.35. The Morgan fingerprint density at radius 1 is 1.20 bits per heavy atom. The molecule has 0 aliphatic carbocycles. The van der Waals surface area contributed by atoms with E-state index in [9.17, 15) is 4.79 Å². The van der Waals surface area contributed by atoms with Crippen LogP contribution in [-0.4, -0.2) is 95.7 Å². The number of rotatable bonds is 7. The number of amides is 1. The number of fused-ring (bicyclic) bond motifs is 1. The summed E-state index contributed by atoms with van der Waals surface area (Å²) in [5.41, 5.74) is 7.81. The van der Waals surface area contributed by atoms with Gasteiger partial charge in [0.25, 0.3) is 5.91 Å². The fourth-order valence-corrected chi connectivity index (χ4v) is 4.96. The lowest BCUT2D eigenvalue weighted by Crippen LogP contribution is -2.43. The molecule has 40 heavy (non-hydrogen) atoms. The molecule has 0 atom stereocenters. The van der Waals surface area contributed by atoms with Crippen molar-refractivity contribution in [2.45, 2.75) is 26.3 Å². The van der Waals surface area contributed by atoms with E-state index in [2.05, 4.69) is 15.5 Å². The Morgan fingerprint density at radius 3 is 2.67 bits per heavy atom. The first-order valence-electron chi connectivity index (χ1n) is 13.2. The summed E-state index contributed by atoms with van der Waals surface area (Å²) in [6.45, 7) is 4.69. The molecule has 0 radical (unpaired) electrons. The first-order valence-corrected chi connectivity index (χ1v) is 13.2. The highest BCUT2D eigenvalue weighted by Crippen LogP contribution is 2.30. The number of benzene rings is 1. The fraction of sp³-hybridized carbons (Fsp3) is 0.500.